The van der Waals surface area contributed by atoms with Crippen LogP contribution in [0.2, 0.25) is 0 Å². The van der Waals surface area contributed by atoms with Crippen LogP contribution in [-0.2, 0) is 24.8 Å². The quantitative estimate of drug-likeness (QED) is 0.663. The van der Waals surface area contributed by atoms with Crippen molar-refractivity contribution >= 4 is 0 Å². The first kappa shape index (κ1) is 16.8. The smallest absolute Gasteiger partial charge is 0.0208 e. The zero-order valence-corrected chi connectivity index (χ0v) is 15.8. The fraction of sp³-hybridized carbons (Fsp3) is 0.308. The van der Waals surface area contributed by atoms with Crippen LogP contribution < -0.4 is 5.32 Å². The van der Waals surface area contributed by atoms with Crippen molar-refractivity contribution in [3.8, 4) is 0 Å². The Bertz CT molecular complexity index is 930. The second kappa shape index (κ2) is 6.98. The minimum absolute atomic E-state index is 0.289. The van der Waals surface area contributed by atoms with Gasteiger partial charge < -0.3 is 5.32 Å². The van der Waals surface area contributed by atoms with Crippen LogP contribution in [0.15, 0.2) is 78.9 Å². The van der Waals surface area contributed by atoms with Gasteiger partial charge in [-0.05, 0) is 59.9 Å². The summed E-state index contributed by atoms with van der Waals surface area (Å²) in [6.07, 6.45) is 6.05. The summed E-state index contributed by atoms with van der Waals surface area (Å²) in [5.74, 6) is 0. The van der Waals surface area contributed by atoms with E-state index in [0.29, 0.717) is 6.04 Å². The van der Waals surface area contributed by atoms with Gasteiger partial charge in [0.25, 0.3) is 0 Å². The number of hydrogen-bond acceptors (Lipinski definition) is 1. The molecule has 1 saturated carbocycles. The van der Waals surface area contributed by atoms with Crippen LogP contribution in [0.4, 0.5) is 0 Å². The fourth-order valence-corrected chi connectivity index (χ4v) is 5.32. The first-order valence-corrected chi connectivity index (χ1v) is 10.2. The van der Waals surface area contributed by atoms with Crippen molar-refractivity contribution in [2.45, 2.75) is 50.1 Å². The van der Waals surface area contributed by atoms with Gasteiger partial charge in [0.05, 0.1) is 0 Å². The average Bonchev–Trinajstić information content (AvgIpc) is 3.06. The van der Waals surface area contributed by atoms with Crippen molar-refractivity contribution in [2.75, 3.05) is 0 Å². The minimum Gasteiger partial charge on any atom is -0.310 e. The van der Waals surface area contributed by atoms with Gasteiger partial charge in [0.1, 0.15) is 0 Å². The van der Waals surface area contributed by atoms with E-state index in [1.54, 1.807) is 11.1 Å². The molecule has 0 radical (unpaired) electrons. The maximum Gasteiger partial charge on any atom is 0.0208 e. The third kappa shape index (κ3) is 3.21. The highest BCUT2D eigenvalue weighted by atomic mass is 14.9. The van der Waals surface area contributed by atoms with E-state index in [1.165, 1.54) is 42.4 Å². The monoisotopic (exact) mass is 353 g/mol. The lowest BCUT2D eigenvalue weighted by atomic mass is 9.73. The van der Waals surface area contributed by atoms with Crippen LogP contribution in [0, 0.1) is 0 Å². The Morgan fingerprint density at radius 1 is 0.778 bits per heavy atom. The van der Waals surface area contributed by atoms with Gasteiger partial charge in [-0.15, -0.1) is 0 Å². The Labute approximate surface area is 162 Å². The predicted molar refractivity (Wildman–Crippen MR) is 112 cm³/mol. The second-order valence-corrected chi connectivity index (χ2v) is 8.37. The van der Waals surface area contributed by atoms with Crippen LogP contribution in [0.3, 0.4) is 0 Å². The van der Waals surface area contributed by atoms with Gasteiger partial charge in [0.2, 0.25) is 0 Å². The summed E-state index contributed by atoms with van der Waals surface area (Å²) in [5.41, 5.74) is 7.87. The van der Waals surface area contributed by atoms with E-state index in [0.717, 1.165) is 13.0 Å². The van der Waals surface area contributed by atoms with Crippen LogP contribution in [0.1, 0.15) is 47.1 Å². The van der Waals surface area contributed by atoms with Gasteiger partial charge in [-0.2, -0.15) is 0 Å². The molecule has 1 nitrogen and oxygen atoms in total. The summed E-state index contributed by atoms with van der Waals surface area (Å²) in [4.78, 5) is 0. The molecule has 27 heavy (non-hydrogen) atoms. The zero-order valence-electron chi connectivity index (χ0n) is 15.8. The maximum atomic E-state index is 3.84. The van der Waals surface area contributed by atoms with Gasteiger partial charge in [0.15, 0.2) is 0 Å². The molecule has 0 aliphatic heterocycles. The summed E-state index contributed by atoms with van der Waals surface area (Å²) in [6.45, 7) is 0.972. The molecule has 2 atom stereocenters. The molecule has 0 saturated heterocycles. The van der Waals surface area contributed by atoms with E-state index in [9.17, 15) is 0 Å². The van der Waals surface area contributed by atoms with E-state index < -0.39 is 0 Å². The van der Waals surface area contributed by atoms with Crippen molar-refractivity contribution in [1.29, 1.82) is 0 Å². The third-order valence-electron chi connectivity index (χ3n) is 6.66. The van der Waals surface area contributed by atoms with Gasteiger partial charge in [0, 0.05) is 18.0 Å². The number of fused-ring (bicyclic) bond motifs is 3. The normalized spacial score (nSPS) is 23.6. The Morgan fingerprint density at radius 2 is 1.48 bits per heavy atom. The first-order chi connectivity index (χ1) is 13.3. The molecule has 5 rings (SSSR count). The van der Waals surface area contributed by atoms with Crippen molar-refractivity contribution in [1.82, 2.24) is 5.32 Å². The molecule has 1 N–H and O–H groups in total. The lowest BCUT2D eigenvalue weighted by Gasteiger charge is -2.31. The third-order valence-corrected chi connectivity index (χ3v) is 6.66. The molecule has 0 bridgehead atoms. The molecule has 2 aliphatic rings. The summed E-state index contributed by atoms with van der Waals surface area (Å²) in [6, 6.07) is 29.7. The van der Waals surface area contributed by atoms with E-state index in [1.807, 2.05) is 0 Å². The van der Waals surface area contributed by atoms with E-state index in [2.05, 4.69) is 84.2 Å². The highest BCUT2D eigenvalue weighted by molar-refractivity contribution is 5.46. The molecule has 1 fully saturated rings. The lowest BCUT2D eigenvalue weighted by molar-refractivity contribution is 0.413. The van der Waals surface area contributed by atoms with Crippen molar-refractivity contribution in [2.24, 2.45) is 0 Å². The fourth-order valence-electron chi connectivity index (χ4n) is 5.32. The summed E-state index contributed by atoms with van der Waals surface area (Å²) >= 11 is 0. The molecule has 0 amide bonds. The Morgan fingerprint density at radius 3 is 2.33 bits per heavy atom. The molecule has 0 aromatic heterocycles. The highest BCUT2D eigenvalue weighted by Gasteiger charge is 2.42. The molecule has 3 aromatic rings. The Kier molecular flexibility index (Phi) is 4.33. The zero-order chi connectivity index (χ0) is 18.1. The lowest BCUT2D eigenvalue weighted by Crippen LogP contribution is -2.31. The van der Waals surface area contributed by atoms with Crippen molar-refractivity contribution in [3.05, 3.63) is 107 Å². The Hall–Kier alpha value is -2.38. The molecule has 0 heterocycles. The standard InChI is InChI=1S/C26H27N/c1-2-8-20(9-3-1)19-27-24-14-15-26(18-24)17-23-12-5-4-10-21(23)16-22-11-6-7-13-25(22)26/h1-13,24,27H,14-19H2. The topological polar surface area (TPSA) is 12.0 Å². The number of nitrogens with one attached hydrogen (secondary N) is 1. The van der Waals surface area contributed by atoms with Gasteiger partial charge >= 0.3 is 0 Å². The number of hydrogen-bond donors (Lipinski definition) is 1. The van der Waals surface area contributed by atoms with E-state index in [4.69, 9.17) is 0 Å². The van der Waals surface area contributed by atoms with Crippen molar-refractivity contribution in [3.63, 3.8) is 0 Å². The second-order valence-electron chi connectivity index (χ2n) is 8.37. The van der Waals surface area contributed by atoms with E-state index in [-0.39, 0.29) is 5.41 Å². The molecule has 3 aromatic carbocycles. The molecule has 136 valence electrons. The van der Waals surface area contributed by atoms with E-state index >= 15 is 0 Å². The van der Waals surface area contributed by atoms with Crippen LogP contribution in [0.5, 0.6) is 0 Å². The highest BCUT2D eigenvalue weighted by Crippen LogP contribution is 2.47. The minimum atomic E-state index is 0.289. The summed E-state index contributed by atoms with van der Waals surface area (Å²) < 4.78 is 0. The van der Waals surface area contributed by atoms with Gasteiger partial charge in [-0.1, -0.05) is 78.9 Å². The first-order valence-electron chi connectivity index (χ1n) is 10.2. The Balaban J connectivity index is 1.43. The average molecular weight is 354 g/mol. The van der Waals surface area contributed by atoms with Crippen molar-refractivity contribution < 1.29 is 0 Å². The largest absolute Gasteiger partial charge is 0.310 e. The SMILES string of the molecule is c1ccc(CNC2CCC3(Cc4ccccc4Cc4ccccc43)C2)cc1. The number of benzene rings is 3. The molecular formula is C26H27N. The summed E-state index contributed by atoms with van der Waals surface area (Å²) in [7, 11) is 0. The molecular weight excluding hydrogens is 326 g/mol. The molecule has 2 unspecified atom stereocenters. The van der Waals surface area contributed by atoms with Crippen LogP contribution in [0.25, 0.3) is 0 Å². The summed E-state index contributed by atoms with van der Waals surface area (Å²) in [5, 5.41) is 3.84. The van der Waals surface area contributed by atoms with Crippen LogP contribution in [-0.4, -0.2) is 6.04 Å². The number of rotatable bonds is 3. The van der Waals surface area contributed by atoms with Crippen LogP contribution >= 0.6 is 0 Å². The van der Waals surface area contributed by atoms with Gasteiger partial charge in [-0.3, -0.25) is 0 Å². The molecule has 2 aliphatic carbocycles. The maximum absolute atomic E-state index is 3.84. The molecule has 1 heteroatoms. The predicted octanol–water partition coefficient (Wildman–Crippen LogP) is 5.41. The van der Waals surface area contributed by atoms with Gasteiger partial charge in [-0.25, -0.2) is 0 Å². The molecule has 1 spiro atoms.